The van der Waals surface area contributed by atoms with Crippen LogP contribution in [0.15, 0.2) is 23.3 Å². The van der Waals surface area contributed by atoms with Gasteiger partial charge in [0.25, 0.3) is 10.1 Å². The SMILES string of the molecule is O=S(=O)(O)C1=CCOC=C1. The number of rotatable bonds is 1. The van der Waals surface area contributed by atoms with Crippen LogP contribution in [0, 0.1) is 0 Å². The highest BCUT2D eigenvalue weighted by atomic mass is 32.2. The Bertz CT molecular complexity index is 272. The van der Waals surface area contributed by atoms with E-state index in [1.54, 1.807) is 0 Å². The van der Waals surface area contributed by atoms with E-state index in [1.807, 2.05) is 0 Å². The van der Waals surface area contributed by atoms with Gasteiger partial charge in [-0.2, -0.15) is 8.42 Å². The van der Waals surface area contributed by atoms with Crippen LogP contribution in [0.1, 0.15) is 0 Å². The van der Waals surface area contributed by atoms with Crippen molar-refractivity contribution in [3.05, 3.63) is 23.3 Å². The summed E-state index contributed by atoms with van der Waals surface area (Å²) in [5, 5.41) is 0. The molecule has 0 radical (unpaired) electrons. The molecular formula is C5H6O4S. The van der Waals surface area contributed by atoms with Crippen molar-refractivity contribution in [3.8, 4) is 0 Å². The third-order valence-corrected chi connectivity index (χ3v) is 1.91. The van der Waals surface area contributed by atoms with Crippen LogP contribution in [0.3, 0.4) is 0 Å². The Morgan fingerprint density at radius 2 is 2.30 bits per heavy atom. The third-order valence-electron chi connectivity index (χ3n) is 1.01. The Hall–Kier alpha value is -0.810. The highest BCUT2D eigenvalue weighted by molar-refractivity contribution is 7.90. The molecule has 0 aliphatic carbocycles. The van der Waals surface area contributed by atoms with Crippen molar-refractivity contribution < 1.29 is 17.7 Å². The maximum Gasteiger partial charge on any atom is 0.294 e. The minimum absolute atomic E-state index is 0.112. The Kier molecular flexibility index (Phi) is 1.78. The van der Waals surface area contributed by atoms with Crippen molar-refractivity contribution in [2.24, 2.45) is 0 Å². The highest BCUT2D eigenvalue weighted by Gasteiger charge is 2.11. The van der Waals surface area contributed by atoms with E-state index in [4.69, 9.17) is 4.55 Å². The number of hydrogen-bond donors (Lipinski definition) is 1. The fraction of sp³-hybridized carbons (Fsp3) is 0.200. The molecule has 0 aromatic rings. The Balaban J connectivity index is 2.94. The highest BCUT2D eigenvalue weighted by Crippen LogP contribution is 2.09. The average molecular weight is 162 g/mol. The fourth-order valence-electron chi connectivity index (χ4n) is 0.560. The summed E-state index contributed by atoms with van der Waals surface area (Å²) in [7, 11) is -4.03. The van der Waals surface area contributed by atoms with Crippen LogP contribution in [0.2, 0.25) is 0 Å². The van der Waals surface area contributed by atoms with Crippen molar-refractivity contribution in [3.63, 3.8) is 0 Å². The Morgan fingerprint density at radius 3 is 2.60 bits per heavy atom. The molecule has 1 rings (SSSR count). The number of ether oxygens (including phenoxy) is 1. The molecule has 0 aromatic carbocycles. The second-order valence-electron chi connectivity index (χ2n) is 1.72. The van der Waals surface area contributed by atoms with E-state index in [-0.39, 0.29) is 11.5 Å². The zero-order chi connectivity index (χ0) is 7.61. The summed E-state index contributed by atoms with van der Waals surface area (Å²) in [5.74, 6) is 0. The standard InChI is InChI=1S/C5H6O4S/c6-10(7,8)5-1-3-9-4-2-5/h1-3H,4H2,(H,6,7,8). The molecule has 10 heavy (non-hydrogen) atoms. The van der Waals surface area contributed by atoms with Crippen molar-refractivity contribution in [2.75, 3.05) is 6.61 Å². The van der Waals surface area contributed by atoms with Gasteiger partial charge in [0.2, 0.25) is 0 Å². The molecule has 56 valence electrons. The van der Waals surface area contributed by atoms with Gasteiger partial charge in [-0.15, -0.1) is 0 Å². The van der Waals surface area contributed by atoms with Crippen LogP contribution >= 0.6 is 0 Å². The molecule has 0 saturated carbocycles. The summed E-state index contributed by atoms with van der Waals surface area (Å²) in [6.07, 6.45) is 3.71. The van der Waals surface area contributed by atoms with Gasteiger partial charge >= 0.3 is 0 Å². The molecule has 4 nitrogen and oxygen atoms in total. The van der Waals surface area contributed by atoms with Gasteiger partial charge in [-0.3, -0.25) is 4.55 Å². The molecule has 1 heterocycles. The molecular weight excluding hydrogens is 156 g/mol. The largest absolute Gasteiger partial charge is 0.497 e. The lowest BCUT2D eigenvalue weighted by atomic mass is 10.4. The quantitative estimate of drug-likeness (QED) is 0.563. The first kappa shape index (κ1) is 7.30. The smallest absolute Gasteiger partial charge is 0.294 e. The maximum absolute atomic E-state index is 10.4. The van der Waals surface area contributed by atoms with Gasteiger partial charge in [-0.1, -0.05) is 0 Å². The van der Waals surface area contributed by atoms with Gasteiger partial charge < -0.3 is 4.74 Å². The van der Waals surface area contributed by atoms with Crippen LogP contribution in [0.25, 0.3) is 0 Å². The summed E-state index contributed by atoms with van der Waals surface area (Å²) < 4.78 is 33.8. The summed E-state index contributed by atoms with van der Waals surface area (Å²) in [6.45, 7) is 0.186. The lowest BCUT2D eigenvalue weighted by Gasteiger charge is -2.03. The van der Waals surface area contributed by atoms with Crippen LogP contribution in [0.4, 0.5) is 0 Å². The predicted octanol–water partition coefficient (Wildman–Crippen LogP) is 0.302. The summed E-state index contributed by atoms with van der Waals surface area (Å²) in [6, 6.07) is 0. The lowest BCUT2D eigenvalue weighted by molar-refractivity contribution is 0.285. The van der Waals surface area contributed by atoms with E-state index < -0.39 is 10.1 Å². The first-order valence-electron chi connectivity index (χ1n) is 2.56. The lowest BCUT2D eigenvalue weighted by Crippen LogP contribution is -2.03. The molecule has 1 N–H and O–H groups in total. The van der Waals surface area contributed by atoms with Crippen LogP contribution < -0.4 is 0 Å². The molecule has 0 atom stereocenters. The van der Waals surface area contributed by atoms with Gasteiger partial charge in [0.05, 0.1) is 11.2 Å². The van der Waals surface area contributed by atoms with Crippen LogP contribution in [-0.2, 0) is 14.9 Å². The zero-order valence-electron chi connectivity index (χ0n) is 5.02. The minimum Gasteiger partial charge on any atom is -0.497 e. The van der Waals surface area contributed by atoms with Crippen molar-refractivity contribution in [1.29, 1.82) is 0 Å². The molecule has 5 heteroatoms. The Labute approximate surface area is 58.6 Å². The summed E-state index contributed by atoms with van der Waals surface area (Å²) in [4.78, 5) is -0.112. The van der Waals surface area contributed by atoms with Gasteiger partial charge in [-0.05, 0) is 12.2 Å². The third kappa shape index (κ3) is 1.58. The minimum atomic E-state index is -4.03. The maximum atomic E-state index is 10.4. The van der Waals surface area contributed by atoms with E-state index in [9.17, 15) is 8.42 Å². The molecule has 0 spiro atoms. The second kappa shape index (κ2) is 2.43. The average Bonchev–Trinajstić information content (AvgIpc) is 1.88. The molecule has 0 unspecified atom stereocenters. The van der Waals surface area contributed by atoms with Crippen molar-refractivity contribution in [2.45, 2.75) is 0 Å². The number of hydrogen-bond acceptors (Lipinski definition) is 3. The van der Waals surface area contributed by atoms with E-state index in [0.29, 0.717) is 0 Å². The van der Waals surface area contributed by atoms with Crippen molar-refractivity contribution >= 4 is 10.1 Å². The van der Waals surface area contributed by atoms with E-state index >= 15 is 0 Å². The predicted molar refractivity (Wildman–Crippen MR) is 34.7 cm³/mol. The molecule has 0 amide bonds. The molecule has 1 aliphatic heterocycles. The normalized spacial score (nSPS) is 17.9. The van der Waals surface area contributed by atoms with E-state index in [0.717, 1.165) is 0 Å². The van der Waals surface area contributed by atoms with Gasteiger partial charge in [0, 0.05) is 0 Å². The van der Waals surface area contributed by atoms with Gasteiger partial charge in [-0.25, -0.2) is 0 Å². The van der Waals surface area contributed by atoms with Crippen molar-refractivity contribution in [1.82, 2.24) is 0 Å². The molecule has 0 fully saturated rings. The van der Waals surface area contributed by atoms with E-state index in [1.165, 1.54) is 18.4 Å². The van der Waals surface area contributed by atoms with E-state index in [2.05, 4.69) is 4.74 Å². The molecule has 0 aromatic heterocycles. The van der Waals surface area contributed by atoms with Crippen LogP contribution in [-0.4, -0.2) is 19.6 Å². The molecule has 0 bridgehead atoms. The monoisotopic (exact) mass is 162 g/mol. The molecule has 0 saturated heterocycles. The Morgan fingerprint density at radius 1 is 1.60 bits per heavy atom. The first-order chi connectivity index (χ1) is 4.61. The summed E-state index contributed by atoms with van der Waals surface area (Å²) >= 11 is 0. The van der Waals surface area contributed by atoms with Gasteiger partial charge in [0.1, 0.15) is 6.61 Å². The first-order valence-corrected chi connectivity index (χ1v) is 4.00. The zero-order valence-corrected chi connectivity index (χ0v) is 5.84. The van der Waals surface area contributed by atoms with Crippen LogP contribution in [0.5, 0.6) is 0 Å². The topological polar surface area (TPSA) is 63.6 Å². The number of allylic oxidation sites excluding steroid dienone is 1. The second-order valence-corrected chi connectivity index (χ2v) is 3.14. The summed E-state index contributed by atoms with van der Waals surface area (Å²) in [5.41, 5.74) is 0. The molecule has 1 aliphatic rings. The van der Waals surface area contributed by atoms with Gasteiger partial charge in [0.15, 0.2) is 0 Å². The fourth-order valence-corrected chi connectivity index (χ4v) is 1.07.